The van der Waals surface area contributed by atoms with Gasteiger partial charge in [0, 0.05) is 17.6 Å². The van der Waals surface area contributed by atoms with E-state index in [-0.39, 0.29) is 5.75 Å². The van der Waals surface area contributed by atoms with E-state index in [9.17, 15) is 9.50 Å². The van der Waals surface area contributed by atoms with Crippen LogP contribution in [0.5, 0.6) is 5.75 Å². The number of nitrogens with zero attached hydrogens (tertiary/aromatic N) is 1. The Kier molecular flexibility index (Phi) is 4.11. The van der Waals surface area contributed by atoms with Crippen LogP contribution in [0.2, 0.25) is 0 Å². The Balaban J connectivity index is 2.40. The van der Waals surface area contributed by atoms with Crippen LogP contribution < -0.4 is 5.73 Å². The first kappa shape index (κ1) is 14.3. The summed E-state index contributed by atoms with van der Waals surface area (Å²) in [4.78, 5) is 1.97. The number of phenols is 1. The average Bonchev–Trinajstić information content (AvgIpc) is 2.33. The molecule has 1 aromatic carbocycles. The average molecular weight is 266 g/mol. The van der Waals surface area contributed by atoms with Gasteiger partial charge in [0.05, 0.1) is 0 Å². The number of nitrogens with two attached hydrogens (primary N) is 1. The molecule has 19 heavy (non-hydrogen) atoms. The number of benzene rings is 1. The second kappa shape index (κ2) is 5.47. The number of hydrogen-bond donors (Lipinski definition) is 2. The first-order valence-electron chi connectivity index (χ1n) is 6.88. The summed E-state index contributed by atoms with van der Waals surface area (Å²) in [5.74, 6) is -0.836. The molecule has 0 aliphatic heterocycles. The van der Waals surface area contributed by atoms with Crippen molar-refractivity contribution in [2.75, 3.05) is 14.1 Å². The molecule has 1 aromatic rings. The van der Waals surface area contributed by atoms with E-state index in [4.69, 9.17) is 5.73 Å². The van der Waals surface area contributed by atoms with Gasteiger partial charge in [-0.25, -0.2) is 4.39 Å². The van der Waals surface area contributed by atoms with Gasteiger partial charge in [-0.3, -0.25) is 0 Å². The van der Waals surface area contributed by atoms with E-state index in [1.165, 1.54) is 12.5 Å². The maximum atomic E-state index is 13.9. The quantitative estimate of drug-likeness (QED) is 0.884. The highest BCUT2D eigenvalue weighted by atomic mass is 19.1. The van der Waals surface area contributed by atoms with Crippen molar-refractivity contribution in [3.8, 4) is 5.75 Å². The predicted molar refractivity (Wildman–Crippen MR) is 74.4 cm³/mol. The van der Waals surface area contributed by atoms with Gasteiger partial charge in [0.1, 0.15) is 0 Å². The third-order valence-corrected chi connectivity index (χ3v) is 3.90. The first-order valence-corrected chi connectivity index (χ1v) is 6.88. The van der Waals surface area contributed by atoms with Gasteiger partial charge in [0.2, 0.25) is 0 Å². The normalized spacial score (nSPS) is 18.8. The molecule has 0 saturated heterocycles. The molecule has 1 fully saturated rings. The van der Waals surface area contributed by atoms with Gasteiger partial charge >= 0.3 is 0 Å². The van der Waals surface area contributed by atoms with Gasteiger partial charge in [-0.15, -0.1) is 0 Å². The molecule has 1 saturated carbocycles. The molecule has 106 valence electrons. The summed E-state index contributed by atoms with van der Waals surface area (Å²) in [5.41, 5.74) is 7.26. The van der Waals surface area contributed by atoms with E-state index in [0.29, 0.717) is 12.1 Å². The van der Waals surface area contributed by atoms with Gasteiger partial charge < -0.3 is 15.7 Å². The minimum absolute atomic E-state index is 0.271. The molecule has 3 nitrogen and oxygen atoms in total. The Hall–Kier alpha value is -1.13. The van der Waals surface area contributed by atoms with Crippen molar-refractivity contribution < 1.29 is 9.50 Å². The summed E-state index contributed by atoms with van der Waals surface area (Å²) in [6.07, 6.45) is 4.86. The molecule has 0 bridgehead atoms. The Bertz CT molecular complexity index is 454. The van der Waals surface area contributed by atoms with Gasteiger partial charge in [-0.1, -0.05) is 19.3 Å². The fraction of sp³-hybridized carbons (Fsp3) is 0.600. The molecule has 0 atom stereocenters. The minimum atomic E-state index is -0.578. The second-order valence-electron chi connectivity index (χ2n) is 5.93. The minimum Gasteiger partial charge on any atom is -0.505 e. The van der Waals surface area contributed by atoms with E-state index >= 15 is 0 Å². The molecule has 0 amide bonds. The molecule has 2 rings (SSSR count). The van der Waals surface area contributed by atoms with Gasteiger partial charge in [-0.2, -0.15) is 0 Å². The van der Waals surface area contributed by atoms with E-state index in [1.54, 1.807) is 0 Å². The van der Waals surface area contributed by atoms with Crippen LogP contribution in [0.25, 0.3) is 0 Å². The lowest BCUT2D eigenvalue weighted by molar-refractivity contribution is 0.287. The molecule has 0 aromatic heterocycles. The largest absolute Gasteiger partial charge is 0.505 e. The lowest BCUT2D eigenvalue weighted by atomic mass is 9.76. The van der Waals surface area contributed by atoms with Crippen molar-refractivity contribution in [1.82, 2.24) is 4.90 Å². The number of rotatable bonds is 3. The maximum Gasteiger partial charge on any atom is 0.165 e. The number of aromatic hydroxyl groups is 1. The van der Waals surface area contributed by atoms with E-state index in [0.717, 1.165) is 31.2 Å². The zero-order chi connectivity index (χ0) is 14.0. The van der Waals surface area contributed by atoms with Gasteiger partial charge in [0.25, 0.3) is 0 Å². The fourth-order valence-corrected chi connectivity index (χ4v) is 2.94. The smallest absolute Gasteiger partial charge is 0.165 e. The van der Waals surface area contributed by atoms with Crippen LogP contribution >= 0.6 is 0 Å². The van der Waals surface area contributed by atoms with Crippen LogP contribution in [0.3, 0.4) is 0 Å². The highest BCUT2D eigenvalue weighted by molar-refractivity contribution is 5.42. The van der Waals surface area contributed by atoms with Crippen molar-refractivity contribution in [1.29, 1.82) is 0 Å². The van der Waals surface area contributed by atoms with Crippen LogP contribution in [-0.2, 0) is 12.1 Å². The standard InChI is InChI=1S/C15H23FN2O/c1-18(2)10-11-8-12(14(19)13(16)9-11)15(17)6-4-3-5-7-15/h8-9,19H,3-7,10,17H2,1-2H3. The SMILES string of the molecule is CN(C)Cc1cc(F)c(O)c(C2(N)CCCCC2)c1. The number of phenolic OH excluding ortho intramolecular Hbond substituents is 1. The summed E-state index contributed by atoms with van der Waals surface area (Å²) in [6.45, 7) is 0.639. The van der Waals surface area contributed by atoms with Crippen molar-refractivity contribution >= 4 is 0 Å². The summed E-state index contributed by atoms with van der Waals surface area (Å²) < 4.78 is 13.9. The van der Waals surface area contributed by atoms with Crippen LogP contribution in [0.15, 0.2) is 12.1 Å². The van der Waals surface area contributed by atoms with Crippen LogP contribution in [-0.4, -0.2) is 24.1 Å². The molecular formula is C15H23FN2O. The molecule has 1 aliphatic carbocycles. The van der Waals surface area contributed by atoms with Crippen LogP contribution in [0, 0.1) is 5.82 Å². The topological polar surface area (TPSA) is 49.5 Å². The monoisotopic (exact) mass is 266 g/mol. The van der Waals surface area contributed by atoms with E-state index < -0.39 is 11.4 Å². The van der Waals surface area contributed by atoms with E-state index in [2.05, 4.69) is 0 Å². The molecule has 3 N–H and O–H groups in total. The molecule has 0 spiro atoms. The summed E-state index contributed by atoms with van der Waals surface area (Å²) in [6, 6.07) is 3.26. The van der Waals surface area contributed by atoms with Crippen molar-refractivity contribution in [3.05, 3.63) is 29.1 Å². The highest BCUT2D eigenvalue weighted by Gasteiger charge is 2.33. The molecule has 4 heteroatoms. The third kappa shape index (κ3) is 3.07. The summed E-state index contributed by atoms with van der Waals surface area (Å²) in [5, 5.41) is 10.0. The van der Waals surface area contributed by atoms with Crippen molar-refractivity contribution in [2.45, 2.75) is 44.2 Å². The molecule has 0 heterocycles. The first-order chi connectivity index (χ1) is 8.92. The second-order valence-corrected chi connectivity index (χ2v) is 5.93. The van der Waals surface area contributed by atoms with Crippen molar-refractivity contribution in [3.63, 3.8) is 0 Å². The fourth-order valence-electron chi connectivity index (χ4n) is 2.94. The molecule has 1 aliphatic rings. The highest BCUT2D eigenvalue weighted by Crippen LogP contribution is 2.40. The van der Waals surface area contributed by atoms with Crippen molar-refractivity contribution in [2.24, 2.45) is 5.73 Å². The Morgan fingerprint density at radius 2 is 1.89 bits per heavy atom. The van der Waals surface area contributed by atoms with Crippen LogP contribution in [0.1, 0.15) is 43.2 Å². The lowest BCUT2D eigenvalue weighted by Crippen LogP contribution is -2.39. The predicted octanol–water partition coefficient (Wildman–Crippen LogP) is 2.71. The van der Waals surface area contributed by atoms with Gasteiger partial charge in [0.15, 0.2) is 11.6 Å². The number of halogens is 1. The molecular weight excluding hydrogens is 243 g/mol. The zero-order valence-electron chi connectivity index (χ0n) is 11.7. The Morgan fingerprint density at radius 1 is 1.26 bits per heavy atom. The molecule has 0 radical (unpaired) electrons. The number of hydrogen-bond acceptors (Lipinski definition) is 3. The summed E-state index contributed by atoms with van der Waals surface area (Å²) in [7, 11) is 3.87. The zero-order valence-corrected chi connectivity index (χ0v) is 11.7. The lowest BCUT2D eigenvalue weighted by Gasteiger charge is -2.34. The Labute approximate surface area is 114 Å². The van der Waals surface area contributed by atoms with Crippen LogP contribution in [0.4, 0.5) is 4.39 Å². The summed E-state index contributed by atoms with van der Waals surface area (Å²) >= 11 is 0. The van der Waals surface area contributed by atoms with E-state index in [1.807, 2.05) is 25.1 Å². The maximum absolute atomic E-state index is 13.9. The Morgan fingerprint density at radius 3 is 2.47 bits per heavy atom. The van der Waals surface area contributed by atoms with Gasteiger partial charge in [-0.05, 0) is 44.6 Å². The molecule has 0 unspecified atom stereocenters. The third-order valence-electron chi connectivity index (χ3n) is 3.90.